The molecule has 2 nitrogen and oxygen atoms in total. The number of rotatable bonds is 5. The van der Waals surface area contributed by atoms with Crippen LogP contribution in [0.1, 0.15) is 25.0 Å². The monoisotopic (exact) mass is 703 g/mol. The van der Waals surface area contributed by atoms with E-state index in [1.807, 2.05) is 0 Å². The Morgan fingerprint density at radius 3 is 1.82 bits per heavy atom. The summed E-state index contributed by atoms with van der Waals surface area (Å²) in [5.74, 6) is 0. The van der Waals surface area contributed by atoms with E-state index in [4.69, 9.17) is 4.42 Å². The molecule has 1 aromatic heterocycles. The minimum absolute atomic E-state index is 0.133. The van der Waals surface area contributed by atoms with E-state index >= 15 is 0 Å². The number of benzene rings is 9. The van der Waals surface area contributed by atoms with Gasteiger partial charge in [-0.25, -0.2) is 0 Å². The highest BCUT2D eigenvalue weighted by atomic mass is 16.3. The maximum absolute atomic E-state index is 7.07. The fourth-order valence-electron chi connectivity index (χ4n) is 9.14. The molecule has 1 aliphatic carbocycles. The predicted octanol–water partition coefficient (Wildman–Crippen LogP) is 15.0. The third-order valence-electron chi connectivity index (χ3n) is 11.8. The quantitative estimate of drug-likeness (QED) is 0.177. The highest BCUT2D eigenvalue weighted by Crippen LogP contribution is 2.52. The zero-order chi connectivity index (χ0) is 36.7. The molecule has 11 rings (SSSR count). The van der Waals surface area contributed by atoms with Crippen molar-refractivity contribution in [3.05, 3.63) is 199 Å². The van der Waals surface area contributed by atoms with Crippen LogP contribution in [0, 0.1) is 0 Å². The number of hydrogen-bond acceptors (Lipinski definition) is 2. The second-order valence-electron chi connectivity index (χ2n) is 15.3. The Bertz CT molecular complexity index is 3120. The van der Waals surface area contributed by atoms with Crippen LogP contribution in [0.3, 0.4) is 0 Å². The van der Waals surface area contributed by atoms with Gasteiger partial charge in [-0.1, -0.05) is 159 Å². The summed E-state index contributed by atoms with van der Waals surface area (Å²) in [4.78, 5) is 2.42. The van der Waals surface area contributed by atoms with Crippen molar-refractivity contribution < 1.29 is 4.42 Å². The van der Waals surface area contributed by atoms with Crippen molar-refractivity contribution in [3.63, 3.8) is 0 Å². The molecule has 0 N–H and O–H groups in total. The van der Waals surface area contributed by atoms with Crippen LogP contribution in [-0.2, 0) is 5.41 Å². The highest BCUT2D eigenvalue weighted by Gasteiger charge is 2.36. The van der Waals surface area contributed by atoms with Crippen molar-refractivity contribution in [2.45, 2.75) is 19.3 Å². The highest BCUT2D eigenvalue weighted by molar-refractivity contribution is 6.22. The van der Waals surface area contributed by atoms with Crippen LogP contribution < -0.4 is 4.90 Å². The summed E-state index contributed by atoms with van der Waals surface area (Å²) in [6, 6.07) is 68.4. The first kappa shape index (κ1) is 31.6. The predicted molar refractivity (Wildman–Crippen MR) is 232 cm³/mol. The molecule has 10 aromatic rings. The molecule has 0 saturated heterocycles. The van der Waals surface area contributed by atoms with Crippen LogP contribution in [0.5, 0.6) is 0 Å². The van der Waals surface area contributed by atoms with E-state index < -0.39 is 0 Å². The summed E-state index contributed by atoms with van der Waals surface area (Å²) >= 11 is 0. The van der Waals surface area contributed by atoms with Crippen LogP contribution in [0.15, 0.2) is 192 Å². The summed E-state index contributed by atoms with van der Waals surface area (Å²) in [5.41, 5.74) is 14.9. The second-order valence-corrected chi connectivity index (χ2v) is 15.3. The van der Waals surface area contributed by atoms with Gasteiger partial charge < -0.3 is 9.32 Å². The van der Waals surface area contributed by atoms with E-state index in [0.29, 0.717) is 0 Å². The lowest BCUT2D eigenvalue weighted by molar-refractivity contribution is 0.660. The van der Waals surface area contributed by atoms with Crippen LogP contribution in [0.25, 0.3) is 76.9 Å². The Morgan fingerprint density at radius 1 is 0.400 bits per heavy atom. The SMILES string of the molecule is CC1(C)c2ccccc2-c2ccc(N(c3ccc4ccccc4c3)c3cc(-c4ccccc4)c4c(c3)oc3c5ccccc5c(-c5ccccc5)cc34)cc21. The molecule has 0 aliphatic heterocycles. The smallest absolute Gasteiger partial charge is 0.143 e. The minimum atomic E-state index is -0.133. The van der Waals surface area contributed by atoms with Crippen molar-refractivity contribution in [1.29, 1.82) is 0 Å². The van der Waals surface area contributed by atoms with Crippen LogP contribution in [-0.4, -0.2) is 0 Å². The van der Waals surface area contributed by atoms with Gasteiger partial charge in [0.05, 0.1) is 5.69 Å². The first-order valence-electron chi connectivity index (χ1n) is 19.1. The molecule has 1 heterocycles. The number of nitrogens with zero attached hydrogens (tertiary/aromatic N) is 1. The molecule has 0 spiro atoms. The number of anilines is 3. The lowest BCUT2D eigenvalue weighted by Crippen LogP contribution is -2.16. The fraction of sp³-hybridized carbons (Fsp3) is 0.0566. The molecule has 0 radical (unpaired) electrons. The molecule has 55 heavy (non-hydrogen) atoms. The largest absolute Gasteiger partial charge is 0.455 e. The normalized spacial score (nSPS) is 13.1. The Morgan fingerprint density at radius 2 is 1.02 bits per heavy atom. The topological polar surface area (TPSA) is 16.4 Å². The van der Waals surface area contributed by atoms with Gasteiger partial charge in [0, 0.05) is 39.0 Å². The standard InChI is InChI=1S/C53H37NO/c1-53(2)48-24-14-13-22-42(48)43-28-27-39(31-49(43)53)54(38-26-25-34-15-9-10-20-37(34)29-38)40-30-46(36-18-7-4-8-19-36)51-47-33-45(35-16-5-3-6-17-35)41-21-11-12-23-44(41)52(47)55-50(51)32-40/h3-33H,1-2H3. The van der Waals surface area contributed by atoms with Gasteiger partial charge >= 0.3 is 0 Å². The van der Waals surface area contributed by atoms with E-state index in [1.165, 1.54) is 49.5 Å². The van der Waals surface area contributed by atoms with Crippen molar-refractivity contribution in [2.24, 2.45) is 0 Å². The second kappa shape index (κ2) is 12.1. The molecular formula is C53H37NO. The Hall–Kier alpha value is -6.90. The minimum Gasteiger partial charge on any atom is -0.455 e. The van der Waals surface area contributed by atoms with Gasteiger partial charge in [-0.3, -0.25) is 0 Å². The summed E-state index contributed by atoms with van der Waals surface area (Å²) in [5, 5.41) is 6.95. The van der Waals surface area contributed by atoms with E-state index in [1.54, 1.807) is 0 Å². The molecule has 0 saturated carbocycles. The third-order valence-corrected chi connectivity index (χ3v) is 11.8. The summed E-state index contributed by atoms with van der Waals surface area (Å²) in [6.07, 6.45) is 0. The maximum Gasteiger partial charge on any atom is 0.143 e. The Labute approximate surface area is 320 Å². The molecular weight excluding hydrogens is 667 g/mol. The zero-order valence-electron chi connectivity index (χ0n) is 30.8. The van der Waals surface area contributed by atoms with Crippen molar-refractivity contribution in [2.75, 3.05) is 4.90 Å². The van der Waals surface area contributed by atoms with Gasteiger partial charge in [0.1, 0.15) is 11.2 Å². The molecule has 0 bridgehead atoms. The van der Waals surface area contributed by atoms with Gasteiger partial charge in [0.15, 0.2) is 0 Å². The molecule has 0 fully saturated rings. The van der Waals surface area contributed by atoms with Crippen molar-refractivity contribution >= 4 is 60.5 Å². The molecule has 0 atom stereocenters. The average Bonchev–Trinajstić information content (AvgIpc) is 3.73. The first-order valence-corrected chi connectivity index (χ1v) is 19.1. The van der Waals surface area contributed by atoms with Crippen LogP contribution in [0.2, 0.25) is 0 Å². The Kier molecular flexibility index (Phi) is 6.93. The van der Waals surface area contributed by atoms with Crippen molar-refractivity contribution in [1.82, 2.24) is 0 Å². The summed E-state index contributed by atoms with van der Waals surface area (Å²) in [6.45, 7) is 4.70. The van der Waals surface area contributed by atoms with E-state index in [0.717, 1.165) is 55.5 Å². The fourth-order valence-corrected chi connectivity index (χ4v) is 9.14. The van der Waals surface area contributed by atoms with E-state index in [2.05, 4.69) is 207 Å². The first-order chi connectivity index (χ1) is 27.0. The lowest BCUT2D eigenvalue weighted by atomic mass is 9.82. The zero-order valence-corrected chi connectivity index (χ0v) is 30.8. The number of furan rings is 1. The lowest BCUT2D eigenvalue weighted by Gasteiger charge is -2.29. The molecule has 0 amide bonds. The maximum atomic E-state index is 7.07. The number of fused-ring (bicyclic) bond motifs is 9. The molecule has 9 aromatic carbocycles. The van der Waals surface area contributed by atoms with Gasteiger partial charge in [-0.15, -0.1) is 0 Å². The Balaban J connectivity index is 1.21. The van der Waals surface area contributed by atoms with Crippen molar-refractivity contribution in [3.8, 4) is 33.4 Å². The molecule has 2 heteroatoms. The van der Waals surface area contributed by atoms with E-state index in [9.17, 15) is 0 Å². The molecule has 0 unspecified atom stereocenters. The third kappa shape index (κ3) is 4.88. The molecule has 1 aliphatic rings. The van der Waals surface area contributed by atoms with Gasteiger partial charge in [-0.05, 0) is 97.1 Å². The van der Waals surface area contributed by atoms with Crippen LogP contribution in [0.4, 0.5) is 17.1 Å². The molecule has 260 valence electrons. The van der Waals surface area contributed by atoms with Crippen LogP contribution >= 0.6 is 0 Å². The average molecular weight is 704 g/mol. The summed E-state index contributed by atoms with van der Waals surface area (Å²) < 4.78 is 7.07. The van der Waals surface area contributed by atoms with E-state index in [-0.39, 0.29) is 5.41 Å². The van der Waals surface area contributed by atoms with Gasteiger partial charge in [-0.2, -0.15) is 0 Å². The van der Waals surface area contributed by atoms with Gasteiger partial charge in [0.2, 0.25) is 0 Å². The summed E-state index contributed by atoms with van der Waals surface area (Å²) in [7, 11) is 0. The van der Waals surface area contributed by atoms with Gasteiger partial charge in [0.25, 0.3) is 0 Å². The number of hydrogen-bond donors (Lipinski definition) is 0.